The van der Waals surface area contributed by atoms with E-state index >= 15 is 0 Å². The molecular formula is C9H14N4O. The Morgan fingerprint density at radius 3 is 3.29 bits per heavy atom. The van der Waals surface area contributed by atoms with Crippen molar-refractivity contribution in [3.8, 4) is 0 Å². The molecule has 0 spiro atoms. The lowest BCUT2D eigenvalue weighted by Crippen LogP contribution is -2.33. The quantitative estimate of drug-likeness (QED) is 0.665. The summed E-state index contributed by atoms with van der Waals surface area (Å²) < 4.78 is 0. The van der Waals surface area contributed by atoms with Gasteiger partial charge in [0.1, 0.15) is 6.34 Å². The van der Waals surface area contributed by atoms with E-state index in [9.17, 15) is 0 Å². The number of nitrogens with two attached hydrogens (primary N) is 1. The monoisotopic (exact) mass is 194 g/mol. The normalized spacial score (nSPS) is 24.6. The lowest BCUT2D eigenvalue weighted by atomic mass is 10.1. The molecule has 5 heteroatoms. The van der Waals surface area contributed by atoms with Crippen LogP contribution in [0.15, 0.2) is 21.9 Å². The molecule has 76 valence electrons. The molecular weight excluding hydrogens is 180 g/mol. The van der Waals surface area contributed by atoms with E-state index in [-0.39, 0.29) is 6.61 Å². The summed E-state index contributed by atoms with van der Waals surface area (Å²) in [7, 11) is 0. The zero-order chi connectivity index (χ0) is 9.97. The van der Waals surface area contributed by atoms with Gasteiger partial charge in [-0.15, -0.1) is 0 Å². The summed E-state index contributed by atoms with van der Waals surface area (Å²) in [6.45, 7) is 0.229. The predicted octanol–water partition coefficient (Wildman–Crippen LogP) is 0.0312. The SMILES string of the molecule is NC1=NC=NN2C1=CCC2CCCO. The first-order valence-corrected chi connectivity index (χ1v) is 4.79. The van der Waals surface area contributed by atoms with Crippen LogP contribution in [0, 0.1) is 0 Å². The van der Waals surface area contributed by atoms with E-state index in [2.05, 4.69) is 16.2 Å². The van der Waals surface area contributed by atoms with Crippen LogP contribution >= 0.6 is 0 Å². The van der Waals surface area contributed by atoms with Gasteiger partial charge in [0.2, 0.25) is 0 Å². The fourth-order valence-corrected chi connectivity index (χ4v) is 1.79. The van der Waals surface area contributed by atoms with Crippen LogP contribution in [0.3, 0.4) is 0 Å². The first-order chi connectivity index (χ1) is 6.83. The first-order valence-electron chi connectivity index (χ1n) is 4.79. The third-order valence-corrected chi connectivity index (χ3v) is 2.51. The van der Waals surface area contributed by atoms with E-state index in [0.717, 1.165) is 25.0 Å². The highest BCUT2D eigenvalue weighted by molar-refractivity contribution is 6.01. The minimum Gasteiger partial charge on any atom is -0.396 e. The van der Waals surface area contributed by atoms with Crippen LogP contribution in [0.1, 0.15) is 19.3 Å². The molecule has 2 aliphatic heterocycles. The molecule has 3 N–H and O–H groups in total. The Balaban J connectivity index is 2.03. The number of aliphatic imine (C=N–C) groups is 1. The number of aliphatic hydroxyl groups is 1. The average molecular weight is 194 g/mol. The van der Waals surface area contributed by atoms with Gasteiger partial charge < -0.3 is 10.8 Å². The van der Waals surface area contributed by atoms with Crippen LogP contribution in [-0.4, -0.2) is 34.9 Å². The molecule has 0 aromatic heterocycles. The summed E-state index contributed by atoms with van der Waals surface area (Å²) in [4.78, 5) is 3.93. The second kappa shape index (κ2) is 3.79. The number of amidine groups is 1. The number of rotatable bonds is 3. The number of fused-ring (bicyclic) bond motifs is 1. The molecule has 0 amide bonds. The maximum absolute atomic E-state index is 8.75. The van der Waals surface area contributed by atoms with Gasteiger partial charge in [-0.3, -0.25) is 5.01 Å². The summed E-state index contributed by atoms with van der Waals surface area (Å²) in [5.41, 5.74) is 6.62. The number of nitrogens with zero attached hydrogens (tertiary/aromatic N) is 3. The van der Waals surface area contributed by atoms with E-state index in [4.69, 9.17) is 10.8 Å². The van der Waals surface area contributed by atoms with Crippen LogP contribution in [-0.2, 0) is 0 Å². The zero-order valence-corrected chi connectivity index (χ0v) is 7.93. The number of hydrogen-bond donors (Lipinski definition) is 2. The molecule has 2 heterocycles. The van der Waals surface area contributed by atoms with Crippen LogP contribution in [0.4, 0.5) is 0 Å². The van der Waals surface area contributed by atoms with Crippen molar-refractivity contribution in [1.82, 2.24) is 5.01 Å². The van der Waals surface area contributed by atoms with Crippen molar-refractivity contribution in [2.24, 2.45) is 15.8 Å². The summed E-state index contributed by atoms with van der Waals surface area (Å²) in [6.07, 6.45) is 6.19. The molecule has 1 atom stereocenters. The van der Waals surface area contributed by atoms with E-state index in [1.54, 1.807) is 0 Å². The van der Waals surface area contributed by atoms with Gasteiger partial charge in [0.25, 0.3) is 0 Å². The maximum Gasteiger partial charge on any atom is 0.150 e. The molecule has 2 aliphatic rings. The van der Waals surface area contributed by atoms with Gasteiger partial charge in [0.15, 0.2) is 5.84 Å². The molecule has 5 nitrogen and oxygen atoms in total. The molecule has 0 radical (unpaired) electrons. The van der Waals surface area contributed by atoms with E-state index in [0.29, 0.717) is 11.9 Å². The van der Waals surface area contributed by atoms with E-state index in [1.165, 1.54) is 6.34 Å². The minimum atomic E-state index is 0.229. The zero-order valence-electron chi connectivity index (χ0n) is 7.93. The Morgan fingerprint density at radius 2 is 2.50 bits per heavy atom. The van der Waals surface area contributed by atoms with Crippen molar-refractivity contribution in [1.29, 1.82) is 0 Å². The van der Waals surface area contributed by atoms with Crippen LogP contribution in [0.25, 0.3) is 0 Å². The van der Waals surface area contributed by atoms with Gasteiger partial charge in [0, 0.05) is 6.61 Å². The molecule has 0 saturated heterocycles. The predicted molar refractivity (Wildman–Crippen MR) is 54.8 cm³/mol. The first kappa shape index (κ1) is 9.21. The maximum atomic E-state index is 8.75. The standard InChI is InChI=1S/C9H14N4O/c10-9-8-4-3-7(2-1-5-14)13(8)12-6-11-9/h4,6-7,14H,1-3,5H2,(H2,10,11,12). The minimum absolute atomic E-state index is 0.229. The van der Waals surface area contributed by atoms with E-state index in [1.807, 2.05) is 5.01 Å². The van der Waals surface area contributed by atoms with Crippen molar-refractivity contribution >= 4 is 12.2 Å². The van der Waals surface area contributed by atoms with Crippen molar-refractivity contribution < 1.29 is 5.11 Å². The summed E-state index contributed by atoms with van der Waals surface area (Å²) in [6, 6.07) is 0.336. The Kier molecular flexibility index (Phi) is 2.49. The van der Waals surface area contributed by atoms with E-state index < -0.39 is 0 Å². The highest BCUT2D eigenvalue weighted by atomic mass is 16.2. The van der Waals surface area contributed by atoms with Gasteiger partial charge in [-0.25, -0.2) is 4.99 Å². The lowest BCUT2D eigenvalue weighted by Gasteiger charge is -2.25. The third kappa shape index (κ3) is 1.50. The largest absolute Gasteiger partial charge is 0.396 e. The van der Waals surface area contributed by atoms with Crippen molar-refractivity contribution in [3.05, 3.63) is 11.8 Å². The number of hydrazone groups is 1. The fourth-order valence-electron chi connectivity index (χ4n) is 1.79. The van der Waals surface area contributed by atoms with Gasteiger partial charge in [-0.1, -0.05) is 6.08 Å². The molecule has 0 aromatic rings. The Labute approximate surface area is 82.6 Å². The highest BCUT2D eigenvalue weighted by Crippen LogP contribution is 2.26. The number of hydrogen-bond acceptors (Lipinski definition) is 5. The molecule has 0 saturated carbocycles. The lowest BCUT2D eigenvalue weighted by molar-refractivity contribution is 0.238. The summed E-state index contributed by atoms with van der Waals surface area (Å²) >= 11 is 0. The van der Waals surface area contributed by atoms with Crippen LogP contribution < -0.4 is 5.73 Å². The van der Waals surface area contributed by atoms with Gasteiger partial charge in [-0.05, 0) is 19.3 Å². The third-order valence-electron chi connectivity index (χ3n) is 2.51. The Morgan fingerprint density at radius 1 is 1.64 bits per heavy atom. The fraction of sp³-hybridized carbons (Fsp3) is 0.556. The average Bonchev–Trinajstić information content (AvgIpc) is 2.60. The topological polar surface area (TPSA) is 74.2 Å². The molecule has 2 rings (SSSR count). The van der Waals surface area contributed by atoms with Crippen molar-refractivity contribution in [3.63, 3.8) is 0 Å². The second-order valence-electron chi connectivity index (χ2n) is 3.43. The van der Waals surface area contributed by atoms with Crippen LogP contribution in [0.2, 0.25) is 0 Å². The highest BCUT2D eigenvalue weighted by Gasteiger charge is 2.28. The van der Waals surface area contributed by atoms with Crippen molar-refractivity contribution in [2.75, 3.05) is 6.61 Å². The molecule has 0 aliphatic carbocycles. The Bertz CT molecular complexity index is 308. The Hall–Kier alpha value is -1.36. The molecule has 0 bridgehead atoms. The summed E-state index contributed by atoms with van der Waals surface area (Å²) in [5, 5.41) is 14.8. The smallest absolute Gasteiger partial charge is 0.150 e. The van der Waals surface area contributed by atoms with Gasteiger partial charge in [-0.2, -0.15) is 5.10 Å². The van der Waals surface area contributed by atoms with Crippen LogP contribution in [0.5, 0.6) is 0 Å². The van der Waals surface area contributed by atoms with Gasteiger partial charge >= 0.3 is 0 Å². The molecule has 1 unspecified atom stereocenters. The van der Waals surface area contributed by atoms with Gasteiger partial charge in [0.05, 0.1) is 11.7 Å². The van der Waals surface area contributed by atoms with Crippen molar-refractivity contribution in [2.45, 2.75) is 25.3 Å². The number of aliphatic hydroxyl groups excluding tert-OH is 1. The molecule has 14 heavy (non-hydrogen) atoms. The summed E-state index contributed by atoms with van der Waals surface area (Å²) in [5.74, 6) is 0.534. The second-order valence-corrected chi connectivity index (χ2v) is 3.43. The molecule has 0 fully saturated rings. The molecule has 0 aromatic carbocycles.